The summed E-state index contributed by atoms with van der Waals surface area (Å²) in [5.41, 5.74) is 7.70. The first-order valence-corrected chi connectivity index (χ1v) is 7.26. The van der Waals surface area contributed by atoms with Crippen LogP contribution in [0.2, 0.25) is 10.0 Å². The Balaban J connectivity index is 2.20. The first-order chi connectivity index (χ1) is 8.60. The Morgan fingerprint density at radius 2 is 2.11 bits per heavy atom. The zero-order chi connectivity index (χ0) is 13.1. The predicted molar refractivity (Wildman–Crippen MR) is 78.9 cm³/mol. The number of aryl methyl sites for hydroxylation is 1. The molecule has 18 heavy (non-hydrogen) atoms. The minimum atomic E-state index is 0.655. The molecule has 2 nitrogen and oxygen atoms in total. The summed E-state index contributed by atoms with van der Waals surface area (Å²) in [7, 11) is 0. The van der Waals surface area contributed by atoms with E-state index in [1.807, 2.05) is 19.1 Å². The maximum absolute atomic E-state index is 6.16. The average Bonchev–Trinajstić information content (AvgIpc) is 2.64. The predicted octanol–water partition coefficient (Wildman–Crippen LogP) is 3.85. The van der Waals surface area contributed by atoms with Gasteiger partial charge in [0.05, 0.1) is 10.7 Å². The highest BCUT2D eigenvalue weighted by Crippen LogP contribution is 2.26. The van der Waals surface area contributed by atoms with Gasteiger partial charge in [-0.05, 0) is 37.6 Å². The Kier molecular flexibility index (Phi) is 4.62. The fraction of sp³-hybridized carbons (Fsp3) is 0.308. The van der Waals surface area contributed by atoms with Crippen LogP contribution in [0.15, 0.2) is 18.2 Å². The van der Waals surface area contributed by atoms with Gasteiger partial charge in [0.15, 0.2) is 0 Å². The van der Waals surface area contributed by atoms with E-state index < -0.39 is 0 Å². The smallest absolute Gasteiger partial charge is 0.0975 e. The lowest BCUT2D eigenvalue weighted by Crippen LogP contribution is -2.01. The van der Waals surface area contributed by atoms with Crippen LogP contribution in [0.4, 0.5) is 0 Å². The molecule has 0 spiro atoms. The number of halogens is 2. The maximum Gasteiger partial charge on any atom is 0.0975 e. The van der Waals surface area contributed by atoms with Crippen LogP contribution in [0.5, 0.6) is 0 Å². The van der Waals surface area contributed by atoms with E-state index in [9.17, 15) is 0 Å². The van der Waals surface area contributed by atoms with Gasteiger partial charge in [-0.25, -0.2) is 4.98 Å². The van der Waals surface area contributed by atoms with Gasteiger partial charge in [-0.1, -0.05) is 29.3 Å². The van der Waals surface area contributed by atoms with E-state index in [0.717, 1.165) is 29.1 Å². The Hall–Kier alpha value is -0.610. The lowest BCUT2D eigenvalue weighted by Gasteiger charge is -2.01. The first-order valence-electron chi connectivity index (χ1n) is 5.69. The van der Waals surface area contributed by atoms with Crippen LogP contribution in [-0.2, 0) is 12.8 Å². The molecule has 96 valence electrons. The highest BCUT2D eigenvalue weighted by atomic mass is 35.5. The van der Waals surface area contributed by atoms with Crippen molar-refractivity contribution < 1.29 is 0 Å². The minimum absolute atomic E-state index is 0.655. The molecule has 0 amide bonds. The zero-order valence-corrected chi connectivity index (χ0v) is 12.4. The van der Waals surface area contributed by atoms with E-state index in [4.69, 9.17) is 28.9 Å². The van der Waals surface area contributed by atoms with Gasteiger partial charge in [0.2, 0.25) is 0 Å². The van der Waals surface area contributed by atoms with Crippen LogP contribution >= 0.6 is 34.5 Å². The molecule has 2 rings (SSSR count). The molecule has 2 aromatic rings. The Morgan fingerprint density at radius 1 is 1.33 bits per heavy atom. The molecule has 0 aliphatic heterocycles. The topological polar surface area (TPSA) is 38.9 Å². The lowest BCUT2D eigenvalue weighted by molar-refractivity contribution is 0.967. The molecular formula is C13H14Cl2N2S. The van der Waals surface area contributed by atoms with Crippen molar-refractivity contribution in [1.82, 2.24) is 4.98 Å². The molecule has 2 N–H and O–H groups in total. The van der Waals surface area contributed by atoms with Gasteiger partial charge in [-0.15, -0.1) is 11.3 Å². The van der Waals surface area contributed by atoms with Crippen LogP contribution in [0.1, 0.15) is 21.1 Å². The summed E-state index contributed by atoms with van der Waals surface area (Å²) < 4.78 is 0. The van der Waals surface area contributed by atoms with Gasteiger partial charge in [-0.2, -0.15) is 0 Å². The minimum Gasteiger partial charge on any atom is -0.330 e. The summed E-state index contributed by atoms with van der Waals surface area (Å²) in [6, 6.07) is 5.56. The Labute approximate surface area is 121 Å². The van der Waals surface area contributed by atoms with Crippen molar-refractivity contribution in [2.45, 2.75) is 19.8 Å². The molecular weight excluding hydrogens is 287 g/mol. The van der Waals surface area contributed by atoms with E-state index in [0.29, 0.717) is 16.6 Å². The molecule has 0 saturated carbocycles. The van der Waals surface area contributed by atoms with E-state index >= 15 is 0 Å². The number of rotatable bonds is 4. The molecule has 0 radical (unpaired) electrons. The van der Waals surface area contributed by atoms with Gasteiger partial charge >= 0.3 is 0 Å². The van der Waals surface area contributed by atoms with Crippen molar-refractivity contribution in [3.63, 3.8) is 0 Å². The van der Waals surface area contributed by atoms with E-state index in [2.05, 4.69) is 4.98 Å². The van der Waals surface area contributed by atoms with Crippen LogP contribution in [0, 0.1) is 6.92 Å². The molecule has 1 heterocycles. The van der Waals surface area contributed by atoms with E-state index in [1.165, 1.54) is 4.88 Å². The Bertz CT molecular complexity index is 552. The monoisotopic (exact) mass is 300 g/mol. The third-order valence-electron chi connectivity index (χ3n) is 2.67. The second-order valence-electron chi connectivity index (χ2n) is 4.07. The molecule has 0 fully saturated rings. The van der Waals surface area contributed by atoms with E-state index in [1.54, 1.807) is 17.4 Å². The van der Waals surface area contributed by atoms with Crippen molar-refractivity contribution in [2.75, 3.05) is 6.54 Å². The number of hydrogen-bond acceptors (Lipinski definition) is 3. The van der Waals surface area contributed by atoms with Crippen molar-refractivity contribution in [3.05, 3.63) is 49.4 Å². The van der Waals surface area contributed by atoms with Gasteiger partial charge in [0, 0.05) is 21.3 Å². The summed E-state index contributed by atoms with van der Waals surface area (Å²) in [6.45, 7) is 2.68. The molecule has 0 bridgehead atoms. The number of nitrogens with two attached hydrogens (primary N) is 1. The molecule has 1 aromatic heterocycles. The lowest BCUT2D eigenvalue weighted by atomic mass is 10.1. The van der Waals surface area contributed by atoms with Gasteiger partial charge in [0.25, 0.3) is 0 Å². The molecule has 0 atom stereocenters. The number of aromatic nitrogens is 1. The number of nitrogens with zero attached hydrogens (tertiary/aromatic N) is 1. The van der Waals surface area contributed by atoms with Crippen LogP contribution in [0.3, 0.4) is 0 Å². The summed E-state index contributed by atoms with van der Waals surface area (Å²) in [4.78, 5) is 5.82. The zero-order valence-electron chi connectivity index (χ0n) is 10.0. The van der Waals surface area contributed by atoms with E-state index in [-0.39, 0.29) is 0 Å². The van der Waals surface area contributed by atoms with Crippen molar-refractivity contribution in [3.8, 4) is 0 Å². The second-order valence-corrected chi connectivity index (χ2v) is 6.08. The van der Waals surface area contributed by atoms with Crippen molar-refractivity contribution in [1.29, 1.82) is 0 Å². The summed E-state index contributed by atoms with van der Waals surface area (Å²) in [6.07, 6.45) is 1.63. The van der Waals surface area contributed by atoms with Crippen LogP contribution < -0.4 is 5.73 Å². The second kappa shape index (κ2) is 6.02. The largest absolute Gasteiger partial charge is 0.330 e. The Morgan fingerprint density at radius 3 is 2.78 bits per heavy atom. The van der Waals surface area contributed by atoms with Crippen LogP contribution in [-0.4, -0.2) is 11.5 Å². The normalized spacial score (nSPS) is 10.9. The highest BCUT2D eigenvalue weighted by molar-refractivity contribution is 7.11. The van der Waals surface area contributed by atoms with Gasteiger partial charge in [0.1, 0.15) is 0 Å². The SMILES string of the molecule is Cc1nc(Cc2ccc(Cl)cc2Cl)sc1CCN. The third kappa shape index (κ3) is 3.23. The molecule has 0 aliphatic rings. The molecule has 0 unspecified atom stereocenters. The number of hydrogen-bond donors (Lipinski definition) is 1. The molecule has 0 saturated heterocycles. The van der Waals surface area contributed by atoms with Crippen molar-refractivity contribution in [2.24, 2.45) is 5.73 Å². The third-order valence-corrected chi connectivity index (χ3v) is 4.47. The number of thiazole rings is 1. The molecule has 5 heteroatoms. The van der Waals surface area contributed by atoms with Crippen molar-refractivity contribution >= 4 is 34.5 Å². The summed E-state index contributed by atoms with van der Waals surface area (Å²) in [5, 5.41) is 2.42. The quantitative estimate of drug-likeness (QED) is 0.931. The average molecular weight is 301 g/mol. The van der Waals surface area contributed by atoms with Gasteiger partial charge < -0.3 is 5.73 Å². The first kappa shape index (κ1) is 13.8. The summed E-state index contributed by atoms with van der Waals surface area (Å²) in [5.74, 6) is 0. The fourth-order valence-electron chi connectivity index (χ4n) is 1.75. The van der Waals surface area contributed by atoms with Crippen LogP contribution in [0.25, 0.3) is 0 Å². The number of benzene rings is 1. The van der Waals surface area contributed by atoms with Gasteiger partial charge in [-0.3, -0.25) is 0 Å². The highest BCUT2D eigenvalue weighted by Gasteiger charge is 2.09. The molecule has 1 aromatic carbocycles. The molecule has 0 aliphatic carbocycles. The standard InChI is InChI=1S/C13H14Cl2N2S/c1-8-12(4-5-16)18-13(17-8)6-9-2-3-10(14)7-11(9)15/h2-3,7H,4-6,16H2,1H3. The fourth-order valence-corrected chi connectivity index (χ4v) is 3.34. The summed E-state index contributed by atoms with van der Waals surface area (Å²) >= 11 is 13.7. The maximum atomic E-state index is 6.16.